The molecule has 3 radical (unpaired) electrons. The Morgan fingerprint density at radius 1 is 0.714 bits per heavy atom. The normalized spacial score (nSPS) is 0. The van der Waals surface area contributed by atoms with E-state index in [0.29, 0.717) is 0 Å². The topological polar surface area (TPSA) is 28.5 Å². The summed E-state index contributed by atoms with van der Waals surface area (Å²) in [5.74, 6) is 0. The van der Waals surface area contributed by atoms with Gasteiger partial charge < -0.3 is 5.48 Å². The Kier molecular flexibility index (Phi) is 784. The molecule has 0 aliphatic carbocycles. The fourth-order valence-corrected chi connectivity index (χ4v) is 0. The van der Waals surface area contributed by atoms with Gasteiger partial charge in [0.05, 0.1) is 0 Å². The third kappa shape index (κ3) is 48.0. The minimum Gasteiger partial charge on any atom is -2.00 e. The molecule has 0 spiro atoms. The van der Waals surface area contributed by atoms with Gasteiger partial charge in [-0.2, -0.15) is 0 Å². The zero-order chi connectivity index (χ0) is 0. The predicted molar refractivity (Wildman–Crippen MR) is 0.686 cm³/mol. The van der Waals surface area contributed by atoms with Gasteiger partial charge in [-0.1, -0.05) is 0 Å². The molecule has 7 heavy (non-hydrogen) atoms. The van der Waals surface area contributed by atoms with Gasteiger partial charge in [0.2, 0.25) is 0 Å². The van der Waals surface area contributed by atoms with Crippen LogP contribution in [0.5, 0.6) is 0 Å². The van der Waals surface area contributed by atoms with Crippen LogP contribution in [0.3, 0.4) is 0 Å². The summed E-state index contributed by atoms with van der Waals surface area (Å²) < 4.78 is 0. The molecule has 0 aliphatic heterocycles. The summed E-state index contributed by atoms with van der Waals surface area (Å²) >= 11 is 0. The van der Waals surface area contributed by atoms with Crippen LogP contribution in [0, 0.1) is 0 Å². The summed E-state index contributed by atoms with van der Waals surface area (Å²) in [4.78, 5) is 0. The first-order valence-corrected chi connectivity index (χ1v) is 0. The van der Waals surface area contributed by atoms with Crippen molar-refractivity contribution in [2.75, 3.05) is 0 Å². The summed E-state index contributed by atoms with van der Waals surface area (Å²) in [6.07, 6.45) is 0. The minimum absolute atomic E-state index is 0. The summed E-state index contributed by atoms with van der Waals surface area (Å²) in [5.41, 5.74) is 0. The molecule has 7 heteroatoms. The fraction of sp³-hybridized carbons (Fsp3) is 0. The van der Waals surface area contributed by atoms with Crippen LogP contribution in [0.15, 0.2) is 0 Å². The van der Waals surface area contributed by atoms with Crippen molar-refractivity contribution < 1.29 is 108 Å². The van der Waals surface area contributed by atoms with Crippen LogP contribution in [0.2, 0.25) is 0 Å². The van der Waals surface area contributed by atoms with Gasteiger partial charge in [0.1, 0.15) is 0 Å². The average Bonchev–Trinajstić information content (AvgIpc) is 0. The molecule has 0 aromatic heterocycles. The monoisotopic (exact) mass is 312 g/mol. The van der Waals surface area contributed by atoms with Gasteiger partial charge in [0, 0.05) is 0 Å². The van der Waals surface area contributed by atoms with Crippen LogP contribution in [0.4, 0.5) is 0 Å². The van der Waals surface area contributed by atoms with Gasteiger partial charge in [-0.3, -0.25) is 0 Å². The molecular formula is Co2LiMnNi2O+9. The van der Waals surface area contributed by atoms with Crippen molar-refractivity contribution in [1.82, 2.24) is 0 Å². The predicted octanol–water partition coefficient (Wildman–Crippen LogP) is -3.13. The Labute approximate surface area is 106 Å². The smallest absolute Gasteiger partial charge is 2.00 e. The first-order valence-electron chi connectivity index (χ1n) is 0. The molecule has 0 amide bonds. The van der Waals surface area contributed by atoms with E-state index in [2.05, 4.69) is 0 Å². The second-order valence-electron chi connectivity index (χ2n) is 0. The van der Waals surface area contributed by atoms with E-state index in [-0.39, 0.29) is 108 Å². The Morgan fingerprint density at radius 3 is 0.714 bits per heavy atom. The van der Waals surface area contributed by atoms with Gasteiger partial charge in [-0.15, -0.1) is 0 Å². The first-order chi connectivity index (χ1) is 0. The maximum absolute atomic E-state index is 0. The second-order valence-corrected chi connectivity index (χ2v) is 0. The average molecular weight is 313 g/mol. The van der Waals surface area contributed by atoms with Crippen molar-refractivity contribution in [2.24, 2.45) is 0 Å². The van der Waals surface area contributed by atoms with E-state index in [1.165, 1.54) is 0 Å². The van der Waals surface area contributed by atoms with E-state index in [1.54, 1.807) is 0 Å². The van der Waals surface area contributed by atoms with Crippen molar-refractivity contribution in [3.05, 3.63) is 0 Å². The van der Waals surface area contributed by atoms with Crippen molar-refractivity contribution >= 4 is 0 Å². The molecule has 0 saturated heterocycles. The summed E-state index contributed by atoms with van der Waals surface area (Å²) in [5, 5.41) is 0. The van der Waals surface area contributed by atoms with E-state index in [1.807, 2.05) is 0 Å². The molecular weight excluding hydrogens is 313 g/mol. The zero-order valence-corrected chi connectivity index (χ0v) is 8.32. The van der Waals surface area contributed by atoms with E-state index < -0.39 is 0 Å². The van der Waals surface area contributed by atoms with Crippen LogP contribution >= 0.6 is 0 Å². The largest absolute Gasteiger partial charge is 2.00 e. The minimum atomic E-state index is 0. The summed E-state index contributed by atoms with van der Waals surface area (Å²) in [6.45, 7) is 0. The number of hydrogen-bond donors (Lipinski definition) is 0. The molecule has 0 rings (SSSR count). The Hall–Kier alpha value is 3.08. The maximum Gasteiger partial charge on any atom is 2.00 e. The standard InChI is InChI=1S/2Co.Li.Mn.2Ni.O/q2*+2;+1;3*+2;-2. The van der Waals surface area contributed by atoms with Crippen molar-refractivity contribution in [1.29, 1.82) is 0 Å². The molecule has 0 saturated carbocycles. The van der Waals surface area contributed by atoms with E-state index in [4.69, 9.17) is 0 Å². The van der Waals surface area contributed by atoms with Crippen LogP contribution in [0.25, 0.3) is 0 Å². The fourth-order valence-electron chi connectivity index (χ4n) is 0. The van der Waals surface area contributed by atoms with Crippen LogP contribution in [0.1, 0.15) is 0 Å². The van der Waals surface area contributed by atoms with Crippen molar-refractivity contribution in [3.8, 4) is 0 Å². The molecule has 0 heterocycles. The zero-order valence-electron chi connectivity index (χ0n) is 3.09. The molecule has 0 N–H and O–H groups in total. The van der Waals surface area contributed by atoms with E-state index in [0.717, 1.165) is 0 Å². The summed E-state index contributed by atoms with van der Waals surface area (Å²) in [7, 11) is 0. The summed E-state index contributed by atoms with van der Waals surface area (Å²) in [6, 6.07) is 0. The number of rotatable bonds is 0. The Balaban J connectivity index is 0. The molecule has 0 bridgehead atoms. The van der Waals surface area contributed by atoms with Crippen LogP contribution in [-0.2, 0) is 89.1 Å². The van der Waals surface area contributed by atoms with Crippen molar-refractivity contribution in [3.63, 3.8) is 0 Å². The van der Waals surface area contributed by atoms with Gasteiger partial charge in [-0.25, -0.2) is 0 Å². The van der Waals surface area contributed by atoms with Crippen LogP contribution in [-0.4, -0.2) is 0 Å². The number of hydrogen-bond acceptors (Lipinski definition) is 0. The molecule has 43 valence electrons. The van der Waals surface area contributed by atoms with E-state index in [9.17, 15) is 0 Å². The second kappa shape index (κ2) is 62.5. The van der Waals surface area contributed by atoms with Gasteiger partial charge >= 0.3 is 102 Å². The SMILES string of the molecule is [Co+2].[Co+2].[Li+].[Mn+2].[Ni+2].[Ni+2].[O-2]. The third-order valence-corrected chi connectivity index (χ3v) is 0. The van der Waals surface area contributed by atoms with Gasteiger partial charge in [0.25, 0.3) is 0 Å². The Bertz CT molecular complexity index is 15.7. The Morgan fingerprint density at radius 2 is 0.714 bits per heavy atom. The van der Waals surface area contributed by atoms with Crippen LogP contribution < -0.4 is 18.9 Å². The molecule has 0 fully saturated rings. The molecule has 0 atom stereocenters. The first kappa shape index (κ1) is 87.7. The van der Waals surface area contributed by atoms with Gasteiger partial charge in [-0.05, 0) is 0 Å². The third-order valence-electron chi connectivity index (χ3n) is 0. The molecule has 0 unspecified atom stereocenters. The quantitative estimate of drug-likeness (QED) is 0.423. The molecule has 1 nitrogen and oxygen atoms in total. The maximum atomic E-state index is 0. The molecule has 0 aliphatic rings. The van der Waals surface area contributed by atoms with Gasteiger partial charge in [0.15, 0.2) is 0 Å². The molecule has 0 aromatic carbocycles. The van der Waals surface area contributed by atoms with Crippen molar-refractivity contribution in [2.45, 2.75) is 0 Å². The van der Waals surface area contributed by atoms with E-state index >= 15 is 0 Å². The molecule has 0 aromatic rings.